The first-order valence-corrected chi connectivity index (χ1v) is 15.2. The van der Waals surface area contributed by atoms with Gasteiger partial charge in [-0.2, -0.15) is 0 Å². The standard InChI is InChI=1S/C31H35ClF2N4O3S/c1-29(2,19-5-4-6-20(32)13-19)36-26(39)15-31(17-38(18-31)22-9-11-30(3,41)12-10-22)37-27(40)25-16-35-28(42-25)23-8-7-21(33)14-24(23)34/h4-8,13-14,16,22,41H,9-12,15,17-18H2,1-3H3,(H,36,39)(H,37,40). The van der Waals surface area contributed by atoms with Crippen molar-refractivity contribution in [2.75, 3.05) is 13.1 Å². The number of rotatable bonds is 8. The minimum Gasteiger partial charge on any atom is -0.390 e. The predicted octanol–water partition coefficient (Wildman–Crippen LogP) is 5.66. The molecule has 1 saturated carbocycles. The third kappa shape index (κ3) is 6.83. The highest BCUT2D eigenvalue weighted by atomic mass is 35.5. The van der Waals surface area contributed by atoms with Crippen molar-refractivity contribution in [3.8, 4) is 10.6 Å². The molecule has 1 aromatic heterocycles. The summed E-state index contributed by atoms with van der Waals surface area (Å²) in [5.41, 5.74) is -1.21. The molecule has 0 bridgehead atoms. The molecule has 2 aliphatic rings. The van der Waals surface area contributed by atoms with Gasteiger partial charge in [0.05, 0.1) is 29.3 Å². The van der Waals surface area contributed by atoms with Gasteiger partial charge < -0.3 is 15.7 Å². The summed E-state index contributed by atoms with van der Waals surface area (Å²) in [6, 6.07) is 10.8. The van der Waals surface area contributed by atoms with Crippen molar-refractivity contribution in [1.82, 2.24) is 20.5 Å². The van der Waals surface area contributed by atoms with E-state index in [0.29, 0.717) is 31.0 Å². The summed E-state index contributed by atoms with van der Waals surface area (Å²) in [7, 11) is 0. The molecule has 5 rings (SSSR count). The summed E-state index contributed by atoms with van der Waals surface area (Å²) in [5.74, 6) is -2.08. The van der Waals surface area contributed by atoms with Gasteiger partial charge in [-0.25, -0.2) is 13.8 Å². The first kappa shape index (κ1) is 30.5. The zero-order chi connectivity index (χ0) is 30.3. The largest absolute Gasteiger partial charge is 0.390 e. The second kappa shape index (κ2) is 11.6. The number of hydrogen-bond donors (Lipinski definition) is 3. The number of nitrogens with one attached hydrogen (secondary N) is 2. The molecule has 1 saturated heterocycles. The van der Waals surface area contributed by atoms with Gasteiger partial charge in [-0.15, -0.1) is 11.3 Å². The maximum absolute atomic E-state index is 14.3. The Labute approximate surface area is 253 Å². The Morgan fingerprint density at radius 2 is 1.88 bits per heavy atom. The number of benzene rings is 2. The molecule has 2 heterocycles. The van der Waals surface area contributed by atoms with Gasteiger partial charge in [-0.05, 0) is 76.3 Å². The number of thiazole rings is 1. The third-order valence-corrected chi connectivity index (χ3v) is 9.59. The van der Waals surface area contributed by atoms with Crippen molar-refractivity contribution >= 4 is 34.8 Å². The van der Waals surface area contributed by atoms with Gasteiger partial charge in [0, 0.05) is 35.8 Å². The normalized spacial score (nSPS) is 22.3. The van der Waals surface area contributed by atoms with E-state index in [9.17, 15) is 23.5 Å². The van der Waals surface area contributed by atoms with Gasteiger partial charge in [0.2, 0.25) is 5.91 Å². The number of carbonyl (C=O) groups excluding carboxylic acids is 2. The van der Waals surface area contributed by atoms with E-state index in [2.05, 4.69) is 20.5 Å². The molecule has 2 aromatic carbocycles. The number of hydrogen-bond acceptors (Lipinski definition) is 6. The highest BCUT2D eigenvalue weighted by Crippen LogP contribution is 2.37. The topological polar surface area (TPSA) is 94.6 Å². The lowest BCUT2D eigenvalue weighted by Crippen LogP contribution is -2.73. The summed E-state index contributed by atoms with van der Waals surface area (Å²) in [5, 5.41) is 17.4. The Morgan fingerprint density at radius 1 is 1.17 bits per heavy atom. The van der Waals surface area contributed by atoms with E-state index < -0.39 is 34.2 Å². The minimum absolute atomic E-state index is 0.0575. The van der Waals surface area contributed by atoms with Gasteiger partial charge in [-0.1, -0.05) is 23.7 Å². The molecule has 0 unspecified atom stereocenters. The fourth-order valence-electron chi connectivity index (χ4n) is 5.93. The van der Waals surface area contributed by atoms with Crippen molar-refractivity contribution < 1.29 is 23.5 Å². The number of amides is 2. The maximum atomic E-state index is 14.3. The Morgan fingerprint density at radius 3 is 2.55 bits per heavy atom. The van der Waals surface area contributed by atoms with Gasteiger partial charge in [0.25, 0.3) is 5.91 Å². The number of nitrogens with zero attached hydrogens (tertiary/aromatic N) is 2. The third-order valence-electron chi connectivity index (χ3n) is 8.33. The molecule has 0 spiro atoms. The molecule has 3 N–H and O–H groups in total. The van der Waals surface area contributed by atoms with Crippen molar-refractivity contribution in [2.45, 2.75) is 75.6 Å². The average Bonchev–Trinajstić information content (AvgIpc) is 3.37. The fourth-order valence-corrected chi connectivity index (χ4v) is 6.96. The predicted molar refractivity (Wildman–Crippen MR) is 159 cm³/mol. The van der Waals surface area contributed by atoms with Crippen LogP contribution < -0.4 is 10.6 Å². The Bertz CT molecular complexity index is 1480. The average molecular weight is 617 g/mol. The fraction of sp³-hybridized carbons (Fsp3) is 0.452. The molecule has 0 atom stereocenters. The van der Waals surface area contributed by atoms with Gasteiger partial charge in [0.15, 0.2) is 0 Å². The molecule has 1 aliphatic carbocycles. The molecule has 7 nitrogen and oxygen atoms in total. The molecule has 2 amide bonds. The lowest BCUT2D eigenvalue weighted by atomic mass is 9.78. The van der Waals surface area contributed by atoms with Gasteiger partial charge in [-0.3, -0.25) is 14.5 Å². The molecule has 224 valence electrons. The first-order valence-electron chi connectivity index (χ1n) is 14.0. The van der Waals surface area contributed by atoms with Crippen molar-refractivity contribution in [1.29, 1.82) is 0 Å². The van der Waals surface area contributed by atoms with Crippen LogP contribution in [0.3, 0.4) is 0 Å². The van der Waals surface area contributed by atoms with Crippen molar-refractivity contribution in [3.63, 3.8) is 0 Å². The highest BCUT2D eigenvalue weighted by molar-refractivity contribution is 7.16. The number of carbonyl (C=O) groups is 2. The molecule has 2 fully saturated rings. The Balaban J connectivity index is 1.31. The van der Waals surface area contributed by atoms with Crippen LogP contribution in [0.25, 0.3) is 10.6 Å². The van der Waals surface area contributed by atoms with E-state index in [4.69, 9.17) is 11.6 Å². The monoisotopic (exact) mass is 616 g/mol. The lowest BCUT2D eigenvalue weighted by molar-refractivity contribution is -0.127. The first-order chi connectivity index (χ1) is 19.7. The van der Waals surface area contributed by atoms with E-state index in [-0.39, 0.29) is 33.8 Å². The second-order valence-electron chi connectivity index (χ2n) is 12.4. The number of halogens is 3. The van der Waals surface area contributed by atoms with Crippen molar-refractivity contribution in [3.05, 3.63) is 75.8 Å². The van der Waals surface area contributed by atoms with Crippen LogP contribution in [0.15, 0.2) is 48.7 Å². The number of aromatic nitrogens is 1. The van der Waals surface area contributed by atoms with Crippen LogP contribution in [0.4, 0.5) is 8.78 Å². The Kier molecular flexibility index (Phi) is 8.46. The van der Waals surface area contributed by atoms with Gasteiger partial charge in [0.1, 0.15) is 21.5 Å². The summed E-state index contributed by atoms with van der Waals surface area (Å²) >= 11 is 7.19. The van der Waals surface area contributed by atoms with Crippen LogP contribution in [-0.4, -0.2) is 57.1 Å². The summed E-state index contributed by atoms with van der Waals surface area (Å²) in [6.45, 7) is 6.62. The van der Waals surface area contributed by atoms with E-state index >= 15 is 0 Å². The van der Waals surface area contributed by atoms with E-state index in [0.717, 1.165) is 41.9 Å². The molecular formula is C31H35ClF2N4O3S. The van der Waals surface area contributed by atoms with Crippen LogP contribution in [-0.2, 0) is 10.3 Å². The van der Waals surface area contributed by atoms with Crippen LogP contribution in [0.1, 0.15) is 68.1 Å². The van der Waals surface area contributed by atoms with Crippen LogP contribution >= 0.6 is 22.9 Å². The minimum atomic E-state index is -0.823. The molecule has 0 radical (unpaired) electrons. The Hall–Kier alpha value is -2.92. The second-order valence-corrected chi connectivity index (χ2v) is 13.8. The molecule has 42 heavy (non-hydrogen) atoms. The van der Waals surface area contributed by atoms with Gasteiger partial charge >= 0.3 is 0 Å². The summed E-state index contributed by atoms with van der Waals surface area (Å²) < 4.78 is 27.7. The number of aliphatic hydroxyl groups is 1. The van der Waals surface area contributed by atoms with Crippen LogP contribution in [0.5, 0.6) is 0 Å². The summed E-state index contributed by atoms with van der Waals surface area (Å²) in [6.07, 6.45) is 4.51. The summed E-state index contributed by atoms with van der Waals surface area (Å²) in [4.78, 5) is 33.6. The zero-order valence-electron chi connectivity index (χ0n) is 23.8. The molecule has 1 aliphatic heterocycles. The van der Waals surface area contributed by atoms with E-state index in [1.54, 1.807) is 6.07 Å². The van der Waals surface area contributed by atoms with E-state index in [1.165, 1.54) is 12.3 Å². The maximum Gasteiger partial charge on any atom is 0.263 e. The van der Waals surface area contributed by atoms with Crippen LogP contribution in [0, 0.1) is 11.6 Å². The van der Waals surface area contributed by atoms with Crippen LogP contribution in [0.2, 0.25) is 5.02 Å². The van der Waals surface area contributed by atoms with Crippen molar-refractivity contribution in [2.24, 2.45) is 0 Å². The van der Waals surface area contributed by atoms with E-state index in [1.807, 2.05) is 39.0 Å². The number of likely N-dealkylation sites (tertiary alicyclic amines) is 1. The molecule has 3 aromatic rings. The lowest BCUT2D eigenvalue weighted by Gasteiger charge is -2.55. The zero-order valence-corrected chi connectivity index (χ0v) is 25.4. The molecule has 11 heteroatoms. The SMILES string of the molecule is CC1(O)CCC(N2CC(CC(=O)NC(C)(C)c3cccc(Cl)c3)(NC(=O)c3cnc(-c4ccc(F)cc4F)s3)C2)CC1. The molecular weight excluding hydrogens is 582 g/mol. The highest BCUT2D eigenvalue weighted by Gasteiger charge is 2.49. The smallest absolute Gasteiger partial charge is 0.263 e. The quantitative estimate of drug-likeness (QED) is 0.304.